The van der Waals surface area contributed by atoms with Crippen LogP contribution in [0.25, 0.3) is 11.1 Å². The van der Waals surface area contributed by atoms with Gasteiger partial charge in [-0.05, 0) is 59.4 Å². The normalized spacial score (nSPS) is 16.1. The lowest BCUT2D eigenvalue weighted by Gasteiger charge is -2.23. The summed E-state index contributed by atoms with van der Waals surface area (Å²) < 4.78 is 5.60. The number of carboxylic acids is 1. The number of hydrogen-bond acceptors (Lipinski definition) is 5. The van der Waals surface area contributed by atoms with E-state index < -0.39 is 24.1 Å². The second-order valence-corrected chi connectivity index (χ2v) is 9.84. The maximum absolute atomic E-state index is 12.9. The summed E-state index contributed by atoms with van der Waals surface area (Å²) in [5.74, 6) is -0.500. The van der Waals surface area contributed by atoms with Gasteiger partial charge in [-0.3, -0.25) is 9.59 Å². The molecule has 0 bridgehead atoms. The highest BCUT2D eigenvalue weighted by Gasteiger charge is 2.35. The number of benzene rings is 2. The van der Waals surface area contributed by atoms with Gasteiger partial charge in [-0.25, -0.2) is 4.79 Å². The van der Waals surface area contributed by atoms with Crippen molar-refractivity contribution in [1.82, 2.24) is 10.6 Å². The number of thioether (sulfide) groups is 1. The third kappa shape index (κ3) is 5.73. The van der Waals surface area contributed by atoms with Gasteiger partial charge in [0, 0.05) is 12.0 Å². The number of nitrogens with one attached hydrogen (secondary N) is 2. The molecule has 0 aromatic heterocycles. The molecule has 2 aromatic rings. The third-order valence-corrected chi connectivity index (χ3v) is 7.12. The number of ether oxygens (including phenoxy) is 1. The molecule has 1 unspecified atom stereocenters. The molecular formula is C26H30N2O5S. The number of alkyl carbamates (subject to hydrolysis) is 1. The molecule has 7 nitrogen and oxygen atoms in total. The lowest BCUT2D eigenvalue weighted by atomic mass is 9.98. The van der Waals surface area contributed by atoms with E-state index in [0.29, 0.717) is 12.2 Å². The molecule has 0 radical (unpaired) electrons. The van der Waals surface area contributed by atoms with Crippen molar-refractivity contribution in [3.05, 3.63) is 59.7 Å². The number of fused-ring (bicyclic) bond motifs is 3. The molecule has 0 aliphatic heterocycles. The van der Waals surface area contributed by atoms with Gasteiger partial charge in [0.25, 0.3) is 0 Å². The van der Waals surface area contributed by atoms with Crippen LogP contribution in [0.3, 0.4) is 0 Å². The zero-order valence-electron chi connectivity index (χ0n) is 19.2. The van der Waals surface area contributed by atoms with Gasteiger partial charge in [-0.2, -0.15) is 11.8 Å². The summed E-state index contributed by atoms with van der Waals surface area (Å²) in [6.07, 6.45) is 3.42. The van der Waals surface area contributed by atoms with Crippen molar-refractivity contribution < 1.29 is 24.2 Å². The van der Waals surface area contributed by atoms with Crippen molar-refractivity contribution in [3.63, 3.8) is 0 Å². The molecule has 0 saturated heterocycles. The van der Waals surface area contributed by atoms with Crippen molar-refractivity contribution in [2.75, 3.05) is 18.6 Å². The first-order valence-corrected chi connectivity index (χ1v) is 13.0. The van der Waals surface area contributed by atoms with Crippen LogP contribution in [0.15, 0.2) is 48.5 Å². The zero-order valence-corrected chi connectivity index (χ0v) is 20.0. The molecule has 1 fully saturated rings. The minimum Gasteiger partial charge on any atom is -0.481 e. The highest BCUT2D eigenvalue weighted by atomic mass is 32.2. The smallest absolute Gasteiger partial charge is 0.407 e. The van der Waals surface area contributed by atoms with Crippen LogP contribution in [0.2, 0.25) is 0 Å². The predicted octanol–water partition coefficient (Wildman–Crippen LogP) is 4.02. The lowest BCUT2D eigenvalue weighted by molar-refractivity contribution is -0.138. The molecule has 180 valence electrons. The fraction of sp³-hybridized carbons (Fsp3) is 0.423. The summed E-state index contributed by atoms with van der Waals surface area (Å²) in [6, 6.07) is 15.0. The summed E-state index contributed by atoms with van der Waals surface area (Å²) in [5, 5.41) is 14.7. The molecule has 1 saturated carbocycles. The molecular weight excluding hydrogens is 452 g/mol. The highest BCUT2D eigenvalue weighted by Crippen LogP contribution is 2.44. The first kappa shape index (κ1) is 24.1. The Morgan fingerprint density at radius 2 is 1.65 bits per heavy atom. The van der Waals surface area contributed by atoms with E-state index >= 15 is 0 Å². The van der Waals surface area contributed by atoms with E-state index in [4.69, 9.17) is 9.84 Å². The fourth-order valence-electron chi connectivity index (χ4n) is 4.59. The maximum atomic E-state index is 12.9. The number of amides is 2. The van der Waals surface area contributed by atoms with Crippen molar-refractivity contribution in [3.8, 4) is 11.1 Å². The van der Waals surface area contributed by atoms with E-state index in [-0.39, 0.29) is 30.8 Å². The number of hydrogen-bond donors (Lipinski definition) is 3. The quantitative estimate of drug-likeness (QED) is 0.447. The van der Waals surface area contributed by atoms with E-state index in [1.807, 2.05) is 30.5 Å². The van der Waals surface area contributed by atoms with Crippen LogP contribution in [-0.2, 0) is 14.3 Å². The Hall–Kier alpha value is -3.00. The zero-order chi connectivity index (χ0) is 24.1. The molecule has 2 amide bonds. The number of carbonyl (C=O) groups excluding carboxylic acids is 2. The van der Waals surface area contributed by atoms with Gasteiger partial charge in [-0.15, -0.1) is 0 Å². The van der Waals surface area contributed by atoms with Crippen LogP contribution in [0.4, 0.5) is 4.79 Å². The Bertz CT molecular complexity index is 1010. The van der Waals surface area contributed by atoms with Gasteiger partial charge in [0.1, 0.15) is 12.6 Å². The summed E-state index contributed by atoms with van der Waals surface area (Å²) in [6.45, 7) is 0.167. The molecule has 2 aliphatic carbocycles. The monoisotopic (exact) mass is 482 g/mol. The second-order valence-electron chi connectivity index (χ2n) is 8.85. The molecule has 0 heterocycles. The summed E-state index contributed by atoms with van der Waals surface area (Å²) in [5.41, 5.74) is 4.53. The number of carbonyl (C=O) groups is 3. The average molecular weight is 483 g/mol. The molecule has 4 rings (SSSR count). The number of carboxylic acid groups (broad SMARTS) is 1. The van der Waals surface area contributed by atoms with Crippen LogP contribution in [0.1, 0.15) is 42.7 Å². The van der Waals surface area contributed by atoms with Gasteiger partial charge < -0.3 is 20.5 Å². The molecule has 2 atom stereocenters. The summed E-state index contributed by atoms with van der Waals surface area (Å²) in [4.78, 5) is 36.8. The molecule has 34 heavy (non-hydrogen) atoms. The van der Waals surface area contributed by atoms with Crippen molar-refractivity contribution >= 4 is 29.7 Å². The number of aliphatic carboxylic acids is 1. The minimum atomic E-state index is -0.942. The Morgan fingerprint density at radius 1 is 1.03 bits per heavy atom. The Morgan fingerprint density at radius 3 is 2.21 bits per heavy atom. The molecule has 0 spiro atoms. The second kappa shape index (κ2) is 11.0. The van der Waals surface area contributed by atoms with E-state index in [9.17, 15) is 14.4 Å². The summed E-state index contributed by atoms with van der Waals surface area (Å²) in [7, 11) is 0. The van der Waals surface area contributed by atoms with Crippen LogP contribution in [0, 0.1) is 5.92 Å². The minimum absolute atomic E-state index is 0.0635. The highest BCUT2D eigenvalue weighted by molar-refractivity contribution is 7.98. The fourth-order valence-corrected chi connectivity index (χ4v) is 5.06. The van der Waals surface area contributed by atoms with Gasteiger partial charge in [0.15, 0.2) is 0 Å². The SMILES string of the molecule is CSCC[C@@H](NC(=O)OCC1c2ccccc2-c2ccccc21)C(=O)NC(CC(=O)O)C1CC1. The van der Waals surface area contributed by atoms with Gasteiger partial charge in [0.2, 0.25) is 5.91 Å². The standard InChI is InChI=1S/C26H30N2O5S/c1-34-13-12-22(25(31)27-23(14-24(29)30)16-10-11-16)28-26(32)33-15-21-19-8-4-2-6-17(19)18-7-3-5-9-20(18)21/h2-9,16,21-23H,10-15H2,1H3,(H,27,31)(H,28,32)(H,29,30)/t22-,23?/m1/s1. The molecule has 2 aliphatic rings. The Labute approximate surface area is 203 Å². The van der Waals surface area contributed by atoms with Crippen LogP contribution in [0.5, 0.6) is 0 Å². The number of rotatable bonds is 11. The largest absolute Gasteiger partial charge is 0.481 e. The predicted molar refractivity (Wildman–Crippen MR) is 132 cm³/mol. The first-order valence-electron chi connectivity index (χ1n) is 11.6. The van der Waals surface area contributed by atoms with Crippen molar-refractivity contribution in [2.24, 2.45) is 5.92 Å². The molecule has 2 aromatic carbocycles. The lowest BCUT2D eigenvalue weighted by Crippen LogP contribution is -2.51. The van der Waals surface area contributed by atoms with E-state index in [1.54, 1.807) is 11.8 Å². The van der Waals surface area contributed by atoms with E-state index in [2.05, 4.69) is 34.9 Å². The average Bonchev–Trinajstić information content (AvgIpc) is 3.63. The Kier molecular flexibility index (Phi) is 7.77. The first-order chi connectivity index (χ1) is 16.5. The maximum Gasteiger partial charge on any atom is 0.407 e. The van der Waals surface area contributed by atoms with Crippen molar-refractivity contribution in [1.29, 1.82) is 0 Å². The van der Waals surface area contributed by atoms with Gasteiger partial charge in [0.05, 0.1) is 6.42 Å². The van der Waals surface area contributed by atoms with Crippen molar-refractivity contribution in [2.45, 2.75) is 43.7 Å². The van der Waals surface area contributed by atoms with Crippen LogP contribution < -0.4 is 10.6 Å². The van der Waals surface area contributed by atoms with E-state index in [0.717, 1.165) is 35.1 Å². The summed E-state index contributed by atoms with van der Waals surface area (Å²) >= 11 is 1.57. The topological polar surface area (TPSA) is 105 Å². The van der Waals surface area contributed by atoms with Gasteiger partial charge in [-0.1, -0.05) is 48.5 Å². The van der Waals surface area contributed by atoms with E-state index in [1.165, 1.54) is 0 Å². The molecule has 3 N–H and O–H groups in total. The van der Waals surface area contributed by atoms with Gasteiger partial charge >= 0.3 is 12.1 Å². The van der Waals surface area contributed by atoms with Crippen LogP contribution >= 0.6 is 11.8 Å². The Balaban J connectivity index is 1.38. The molecule has 8 heteroatoms. The third-order valence-electron chi connectivity index (χ3n) is 6.48. The van der Waals surface area contributed by atoms with Crippen LogP contribution in [-0.4, -0.2) is 53.8 Å².